The molecule has 0 aromatic heterocycles. The molecule has 0 heterocycles. The van der Waals surface area contributed by atoms with Crippen LogP contribution < -0.4 is 5.32 Å². The summed E-state index contributed by atoms with van der Waals surface area (Å²) < 4.78 is 14.6. The lowest BCUT2D eigenvalue weighted by Gasteiger charge is -2.17. The van der Waals surface area contributed by atoms with Gasteiger partial charge in [-0.2, -0.15) is 0 Å². The summed E-state index contributed by atoms with van der Waals surface area (Å²) in [6.45, 7) is 2.93. The Kier molecular flexibility index (Phi) is 5.74. The number of rotatable bonds is 6. The standard InChI is InChI=1S/C17H19BrFN/c1-2-17(14-7-9-15(18)10-8-14)20-12-11-13-5-3-4-6-16(13)19/h3-10,17,20H,2,11-12H2,1H3. The Bertz CT molecular complexity index is 539. The first-order chi connectivity index (χ1) is 9.70. The van der Waals surface area contributed by atoms with Crippen LogP contribution in [0.25, 0.3) is 0 Å². The van der Waals surface area contributed by atoms with Crippen molar-refractivity contribution in [2.45, 2.75) is 25.8 Å². The van der Waals surface area contributed by atoms with Gasteiger partial charge in [-0.1, -0.05) is 53.2 Å². The summed E-state index contributed by atoms with van der Waals surface area (Å²) >= 11 is 3.45. The highest BCUT2D eigenvalue weighted by Gasteiger charge is 2.08. The van der Waals surface area contributed by atoms with Gasteiger partial charge in [-0.05, 0) is 48.7 Å². The number of halogens is 2. The van der Waals surface area contributed by atoms with Crippen molar-refractivity contribution in [3.8, 4) is 0 Å². The SMILES string of the molecule is CCC(NCCc1ccccc1F)c1ccc(Br)cc1. The molecule has 0 saturated heterocycles. The molecule has 0 aliphatic carbocycles. The average Bonchev–Trinajstić information content (AvgIpc) is 2.47. The fourth-order valence-corrected chi connectivity index (χ4v) is 2.54. The highest BCUT2D eigenvalue weighted by molar-refractivity contribution is 9.10. The minimum Gasteiger partial charge on any atom is -0.310 e. The van der Waals surface area contributed by atoms with Gasteiger partial charge in [0.2, 0.25) is 0 Å². The van der Waals surface area contributed by atoms with Gasteiger partial charge < -0.3 is 5.32 Å². The smallest absolute Gasteiger partial charge is 0.126 e. The molecule has 106 valence electrons. The molecule has 0 saturated carbocycles. The van der Waals surface area contributed by atoms with Crippen LogP contribution in [0.2, 0.25) is 0 Å². The number of hydrogen-bond acceptors (Lipinski definition) is 1. The molecule has 1 unspecified atom stereocenters. The van der Waals surface area contributed by atoms with E-state index in [0.29, 0.717) is 12.5 Å². The fraction of sp³-hybridized carbons (Fsp3) is 0.294. The lowest BCUT2D eigenvalue weighted by Crippen LogP contribution is -2.23. The second-order valence-electron chi connectivity index (χ2n) is 4.81. The highest BCUT2D eigenvalue weighted by Crippen LogP contribution is 2.19. The quantitative estimate of drug-likeness (QED) is 0.793. The maximum Gasteiger partial charge on any atom is 0.126 e. The predicted molar refractivity (Wildman–Crippen MR) is 85.3 cm³/mol. The van der Waals surface area contributed by atoms with Crippen LogP contribution in [0.1, 0.15) is 30.5 Å². The number of hydrogen-bond donors (Lipinski definition) is 1. The van der Waals surface area contributed by atoms with Crippen molar-refractivity contribution in [2.24, 2.45) is 0 Å². The summed E-state index contributed by atoms with van der Waals surface area (Å²) in [5.74, 6) is -0.119. The Balaban J connectivity index is 1.91. The third-order valence-electron chi connectivity index (χ3n) is 3.42. The van der Waals surface area contributed by atoms with Crippen molar-refractivity contribution in [3.63, 3.8) is 0 Å². The van der Waals surface area contributed by atoms with Gasteiger partial charge in [-0.3, -0.25) is 0 Å². The summed E-state index contributed by atoms with van der Waals surface area (Å²) in [6, 6.07) is 15.6. The van der Waals surface area contributed by atoms with Gasteiger partial charge in [0.1, 0.15) is 5.82 Å². The van der Waals surface area contributed by atoms with Crippen molar-refractivity contribution < 1.29 is 4.39 Å². The molecule has 0 fully saturated rings. The van der Waals surface area contributed by atoms with E-state index in [-0.39, 0.29) is 5.82 Å². The highest BCUT2D eigenvalue weighted by atomic mass is 79.9. The van der Waals surface area contributed by atoms with E-state index in [9.17, 15) is 4.39 Å². The second-order valence-corrected chi connectivity index (χ2v) is 5.72. The van der Waals surface area contributed by atoms with Gasteiger partial charge in [0.25, 0.3) is 0 Å². The Morgan fingerprint density at radius 1 is 1.10 bits per heavy atom. The Hall–Kier alpha value is -1.19. The molecule has 0 amide bonds. The molecule has 2 rings (SSSR count). The normalized spacial score (nSPS) is 12.3. The molecule has 2 aromatic carbocycles. The van der Waals surface area contributed by atoms with E-state index in [0.717, 1.165) is 23.0 Å². The van der Waals surface area contributed by atoms with Crippen LogP contribution in [0.5, 0.6) is 0 Å². The molecule has 0 aliphatic heterocycles. The fourth-order valence-electron chi connectivity index (χ4n) is 2.28. The van der Waals surface area contributed by atoms with Crippen molar-refractivity contribution >= 4 is 15.9 Å². The van der Waals surface area contributed by atoms with Crippen LogP contribution in [0.15, 0.2) is 53.0 Å². The van der Waals surface area contributed by atoms with E-state index < -0.39 is 0 Å². The summed E-state index contributed by atoms with van der Waals surface area (Å²) in [4.78, 5) is 0. The Morgan fingerprint density at radius 2 is 1.80 bits per heavy atom. The van der Waals surface area contributed by atoms with Crippen molar-refractivity contribution in [3.05, 3.63) is 69.9 Å². The zero-order valence-corrected chi connectivity index (χ0v) is 13.2. The molecule has 1 N–H and O–H groups in total. The second kappa shape index (κ2) is 7.55. The minimum absolute atomic E-state index is 0.119. The Morgan fingerprint density at radius 3 is 2.45 bits per heavy atom. The summed E-state index contributed by atoms with van der Waals surface area (Å²) in [6.07, 6.45) is 1.72. The molecule has 3 heteroatoms. The van der Waals surface area contributed by atoms with Gasteiger partial charge >= 0.3 is 0 Å². The first-order valence-corrected chi connectivity index (χ1v) is 7.72. The van der Waals surface area contributed by atoms with E-state index >= 15 is 0 Å². The minimum atomic E-state index is -0.119. The molecule has 1 nitrogen and oxygen atoms in total. The summed E-state index contributed by atoms with van der Waals surface area (Å²) in [7, 11) is 0. The lowest BCUT2D eigenvalue weighted by molar-refractivity contribution is 0.516. The molecule has 0 aliphatic rings. The van der Waals surface area contributed by atoms with Crippen molar-refractivity contribution in [1.82, 2.24) is 5.32 Å². The van der Waals surface area contributed by atoms with Gasteiger partial charge in [0, 0.05) is 10.5 Å². The zero-order chi connectivity index (χ0) is 14.4. The number of benzene rings is 2. The molecule has 0 spiro atoms. The molecule has 20 heavy (non-hydrogen) atoms. The topological polar surface area (TPSA) is 12.0 Å². The molecular weight excluding hydrogens is 317 g/mol. The van der Waals surface area contributed by atoms with Crippen LogP contribution in [-0.4, -0.2) is 6.54 Å². The van der Waals surface area contributed by atoms with Gasteiger partial charge in [-0.15, -0.1) is 0 Å². The third-order valence-corrected chi connectivity index (χ3v) is 3.95. The first kappa shape index (κ1) is 15.2. The molecule has 1 atom stereocenters. The lowest BCUT2D eigenvalue weighted by atomic mass is 10.0. The van der Waals surface area contributed by atoms with E-state index in [1.165, 1.54) is 11.6 Å². The van der Waals surface area contributed by atoms with E-state index in [2.05, 4.69) is 52.4 Å². The molecular formula is C17H19BrFN. The van der Waals surface area contributed by atoms with Gasteiger partial charge in [0.15, 0.2) is 0 Å². The largest absolute Gasteiger partial charge is 0.310 e. The van der Waals surface area contributed by atoms with E-state index in [1.54, 1.807) is 6.07 Å². The van der Waals surface area contributed by atoms with Crippen molar-refractivity contribution in [2.75, 3.05) is 6.54 Å². The van der Waals surface area contributed by atoms with Crippen LogP contribution in [0.3, 0.4) is 0 Å². The van der Waals surface area contributed by atoms with Gasteiger partial charge in [-0.25, -0.2) is 4.39 Å². The maximum absolute atomic E-state index is 13.5. The maximum atomic E-state index is 13.5. The third kappa shape index (κ3) is 4.15. The Labute approximate surface area is 128 Å². The van der Waals surface area contributed by atoms with Crippen LogP contribution in [0.4, 0.5) is 4.39 Å². The van der Waals surface area contributed by atoms with Crippen LogP contribution >= 0.6 is 15.9 Å². The average molecular weight is 336 g/mol. The van der Waals surface area contributed by atoms with Crippen LogP contribution in [0, 0.1) is 5.82 Å². The van der Waals surface area contributed by atoms with Gasteiger partial charge in [0.05, 0.1) is 0 Å². The molecule has 0 radical (unpaired) electrons. The van der Waals surface area contributed by atoms with E-state index in [4.69, 9.17) is 0 Å². The molecule has 0 bridgehead atoms. The number of nitrogens with one attached hydrogen (secondary N) is 1. The monoisotopic (exact) mass is 335 g/mol. The van der Waals surface area contributed by atoms with E-state index in [1.807, 2.05) is 12.1 Å². The van der Waals surface area contributed by atoms with Crippen molar-refractivity contribution in [1.29, 1.82) is 0 Å². The zero-order valence-electron chi connectivity index (χ0n) is 11.6. The summed E-state index contributed by atoms with van der Waals surface area (Å²) in [5, 5.41) is 3.50. The first-order valence-electron chi connectivity index (χ1n) is 6.93. The summed E-state index contributed by atoms with van der Waals surface area (Å²) in [5.41, 5.74) is 2.04. The predicted octanol–water partition coefficient (Wildman–Crippen LogP) is 4.87. The molecule has 2 aromatic rings. The van der Waals surface area contributed by atoms with Crippen LogP contribution in [-0.2, 0) is 6.42 Å².